The molecule has 2 amide bonds. The van der Waals surface area contributed by atoms with Gasteiger partial charge >= 0.3 is 0 Å². The molecule has 1 aromatic heterocycles. The van der Waals surface area contributed by atoms with E-state index in [1.54, 1.807) is 18.6 Å². The summed E-state index contributed by atoms with van der Waals surface area (Å²) in [6.07, 6.45) is 8.29. The number of carbonyl (C=O) groups is 2. The van der Waals surface area contributed by atoms with Gasteiger partial charge in [0.2, 0.25) is 11.8 Å². The number of benzene rings is 1. The molecule has 4 rings (SSSR count). The Morgan fingerprint density at radius 2 is 1.65 bits per heavy atom. The second kappa shape index (κ2) is 9.90. The molecule has 0 radical (unpaired) electrons. The number of carbonyl (C=O) groups excluding carboxylic acids is 2. The summed E-state index contributed by atoms with van der Waals surface area (Å²) in [6.45, 7) is 5.00. The van der Waals surface area contributed by atoms with Crippen LogP contribution in [0.1, 0.15) is 44.2 Å². The molecule has 1 N–H and O–H groups in total. The number of rotatable bonds is 5. The third-order valence-corrected chi connectivity index (χ3v) is 6.55. The molecular weight excluding hydrogens is 390 g/mol. The molecule has 0 bridgehead atoms. The predicted octanol–water partition coefficient (Wildman–Crippen LogP) is 2.81. The minimum Gasteiger partial charge on any atom is -0.355 e. The number of hydrogen-bond acceptors (Lipinski definition) is 5. The van der Waals surface area contributed by atoms with Gasteiger partial charge in [-0.25, -0.2) is 4.98 Å². The Balaban J connectivity index is 1.22. The van der Waals surface area contributed by atoms with Gasteiger partial charge in [-0.2, -0.15) is 0 Å². The Hall–Kier alpha value is -2.96. The second-order valence-electron chi connectivity index (χ2n) is 8.57. The van der Waals surface area contributed by atoms with Crippen molar-refractivity contribution >= 4 is 17.6 Å². The highest BCUT2D eigenvalue weighted by Gasteiger charge is 2.33. The lowest BCUT2D eigenvalue weighted by atomic mass is 9.91. The Morgan fingerprint density at radius 1 is 0.968 bits per heavy atom. The lowest BCUT2D eigenvalue weighted by Gasteiger charge is -2.37. The highest BCUT2D eigenvalue weighted by molar-refractivity contribution is 5.81. The second-order valence-corrected chi connectivity index (χ2v) is 8.57. The monoisotopic (exact) mass is 421 g/mol. The zero-order chi connectivity index (χ0) is 21.6. The van der Waals surface area contributed by atoms with Crippen molar-refractivity contribution in [2.75, 3.05) is 31.1 Å². The van der Waals surface area contributed by atoms with E-state index < -0.39 is 0 Å². The number of aromatic nitrogens is 2. The molecule has 0 spiro atoms. The van der Waals surface area contributed by atoms with Gasteiger partial charge in [0.25, 0.3) is 0 Å². The lowest BCUT2D eigenvalue weighted by Crippen LogP contribution is -2.47. The number of piperidine rings is 2. The molecule has 7 heteroatoms. The quantitative estimate of drug-likeness (QED) is 0.803. The minimum absolute atomic E-state index is 0.00662. The molecule has 2 aromatic rings. The number of anilines is 1. The van der Waals surface area contributed by atoms with E-state index >= 15 is 0 Å². The van der Waals surface area contributed by atoms with Gasteiger partial charge in [-0.1, -0.05) is 30.3 Å². The fourth-order valence-electron chi connectivity index (χ4n) is 4.59. The van der Waals surface area contributed by atoms with Crippen molar-refractivity contribution in [3.63, 3.8) is 0 Å². The van der Waals surface area contributed by atoms with Crippen molar-refractivity contribution in [1.82, 2.24) is 20.2 Å². The first-order valence-corrected chi connectivity index (χ1v) is 11.3. The molecule has 2 aliphatic rings. The molecule has 0 saturated carbocycles. The van der Waals surface area contributed by atoms with Crippen LogP contribution in [0.5, 0.6) is 0 Å². The zero-order valence-electron chi connectivity index (χ0n) is 18.1. The molecule has 2 saturated heterocycles. The molecular formula is C24H31N5O2. The van der Waals surface area contributed by atoms with E-state index in [1.165, 1.54) is 0 Å². The summed E-state index contributed by atoms with van der Waals surface area (Å²) < 4.78 is 0. The van der Waals surface area contributed by atoms with E-state index in [4.69, 9.17) is 0 Å². The number of likely N-dealkylation sites (tertiary alicyclic amines) is 1. The normalized spacial score (nSPS) is 19.1. The summed E-state index contributed by atoms with van der Waals surface area (Å²) in [5, 5.41) is 3.13. The van der Waals surface area contributed by atoms with Crippen molar-refractivity contribution in [3.8, 4) is 0 Å². The summed E-state index contributed by atoms with van der Waals surface area (Å²) in [7, 11) is 0. The SMILES string of the molecule is C[C@H](NC(=O)C1CCN(C(=O)C2CCN(c3cnccn3)CC2)CC1)c1ccccc1. The highest BCUT2D eigenvalue weighted by atomic mass is 16.2. The van der Waals surface area contributed by atoms with Gasteiger partial charge in [0.1, 0.15) is 5.82 Å². The van der Waals surface area contributed by atoms with Gasteiger partial charge in [-0.3, -0.25) is 14.6 Å². The maximum absolute atomic E-state index is 13.0. The Labute approximate surface area is 183 Å². The standard InChI is InChI=1S/C24H31N5O2/c1-18(19-5-3-2-4-6-19)27-23(30)20-7-15-29(16-8-20)24(31)21-9-13-28(14-10-21)22-17-25-11-12-26-22/h2-6,11-12,17-18,20-21H,7-10,13-16H2,1H3,(H,27,30)/t18-/m0/s1. The summed E-state index contributed by atoms with van der Waals surface area (Å²) in [6, 6.07) is 10.0. The summed E-state index contributed by atoms with van der Waals surface area (Å²) in [5.74, 6) is 1.27. The van der Waals surface area contributed by atoms with E-state index in [9.17, 15) is 9.59 Å². The number of nitrogens with one attached hydrogen (secondary N) is 1. The van der Waals surface area contributed by atoms with Crippen molar-refractivity contribution in [2.24, 2.45) is 11.8 Å². The van der Waals surface area contributed by atoms with Gasteiger partial charge < -0.3 is 15.1 Å². The maximum Gasteiger partial charge on any atom is 0.225 e. The molecule has 1 atom stereocenters. The summed E-state index contributed by atoms with van der Waals surface area (Å²) >= 11 is 0. The van der Waals surface area contributed by atoms with E-state index in [1.807, 2.05) is 42.2 Å². The van der Waals surface area contributed by atoms with Crippen LogP contribution in [0.3, 0.4) is 0 Å². The third-order valence-electron chi connectivity index (χ3n) is 6.55. The van der Waals surface area contributed by atoms with Crippen LogP contribution in [0.15, 0.2) is 48.9 Å². The smallest absolute Gasteiger partial charge is 0.225 e. The summed E-state index contributed by atoms with van der Waals surface area (Å²) in [4.78, 5) is 38.4. The van der Waals surface area contributed by atoms with Crippen LogP contribution >= 0.6 is 0 Å². The first kappa shape index (κ1) is 21.3. The van der Waals surface area contributed by atoms with Crippen LogP contribution in [-0.2, 0) is 9.59 Å². The fourth-order valence-corrected chi connectivity index (χ4v) is 4.59. The van der Waals surface area contributed by atoms with Gasteiger partial charge in [0.15, 0.2) is 0 Å². The van der Waals surface area contributed by atoms with Crippen LogP contribution in [0, 0.1) is 11.8 Å². The van der Waals surface area contributed by atoms with Crippen molar-refractivity contribution in [2.45, 2.75) is 38.6 Å². The zero-order valence-corrected chi connectivity index (χ0v) is 18.1. The Kier molecular flexibility index (Phi) is 6.79. The average Bonchev–Trinajstić information content (AvgIpc) is 2.85. The molecule has 0 aliphatic carbocycles. The van der Waals surface area contributed by atoms with Crippen LogP contribution in [0.2, 0.25) is 0 Å². The van der Waals surface area contributed by atoms with Crippen LogP contribution in [0.4, 0.5) is 5.82 Å². The van der Waals surface area contributed by atoms with Crippen LogP contribution in [-0.4, -0.2) is 52.9 Å². The molecule has 7 nitrogen and oxygen atoms in total. The predicted molar refractivity (Wildman–Crippen MR) is 119 cm³/mol. The van der Waals surface area contributed by atoms with Crippen LogP contribution in [0.25, 0.3) is 0 Å². The number of nitrogens with zero attached hydrogens (tertiary/aromatic N) is 4. The number of hydrogen-bond donors (Lipinski definition) is 1. The molecule has 31 heavy (non-hydrogen) atoms. The van der Waals surface area contributed by atoms with E-state index in [-0.39, 0.29) is 29.7 Å². The first-order chi connectivity index (χ1) is 15.1. The minimum atomic E-state index is -0.0197. The molecule has 1 aromatic carbocycles. The highest BCUT2D eigenvalue weighted by Crippen LogP contribution is 2.26. The molecule has 2 fully saturated rings. The van der Waals surface area contributed by atoms with Crippen molar-refractivity contribution in [1.29, 1.82) is 0 Å². The summed E-state index contributed by atoms with van der Waals surface area (Å²) in [5.41, 5.74) is 1.11. The van der Waals surface area contributed by atoms with E-state index in [2.05, 4.69) is 20.2 Å². The Morgan fingerprint density at radius 3 is 2.29 bits per heavy atom. The lowest BCUT2D eigenvalue weighted by molar-refractivity contribution is -0.139. The average molecular weight is 422 g/mol. The number of amides is 2. The van der Waals surface area contributed by atoms with Crippen molar-refractivity contribution in [3.05, 3.63) is 54.5 Å². The Bertz CT molecular complexity index is 860. The maximum atomic E-state index is 13.0. The molecule has 164 valence electrons. The largest absolute Gasteiger partial charge is 0.355 e. The topological polar surface area (TPSA) is 78.4 Å². The van der Waals surface area contributed by atoms with Crippen LogP contribution < -0.4 is 10.2 Å². The van der Waals surface area contributed by atoms with E-state index in [0.717, 1.165) is 50.2 Å². The van der Waals surface area contributed by atoms with Gasteiger partial charge in [-0.15, -0.1) is 0 Å². The van der Waals surface area contributed by atoms with Gasteiger partial charge in [-0.05, 0) is 38.2 Å². The molecule has 0 unspecified atom stereocenters. The van der Waals surface area contributed by atoms with E-state index in [0.29, 0.717) is 13.1 Å². The third kappa shape index (κ3) is 5.21. The van der Waals surface area contributed by atoms with Crippen molar-refractivity contribution < 1.29 is 9.59 Å². The van der Waals surface area contributed by atoms with Gasteiger partial charge in [0, 0.05) is 50.4 Å². The first-order valence-electron chi connectivity index (χ1n) is 11.3. The molecule has 3 heterocycles. The van der Waals surface area contributed by atoms with Gasteiger partial charge in [0.05, 0.1) is 12.2 Å². The molecule has 2 aliphatic heterocycles. The fraction of sp³-hybridized carbons (Fsp3) is 0.500.